The van der Waals surface area contributed by atoms with Crippen LogP contribution in [0.3, 0.4) is 0 Å². The Kier molecular flexibility index (Phi) is 8.67. The Hall–Kier alpha value is -2.92. The third-order valence-electron chi connectivity index (χ3n) is 5.64. The molecule has 0 heterocycles. The van der Waals surface area contributed by atoms with Crippen molar-refractivity contribution in [3.05, 3.63) is 106 Å². The van der Waals surface area contributed by atoms with Crippen molar-refractivity contribution < 1.29 is 9.59 Å². The van der Waals surface area contributed by atoms with Crippen molar-refractivity contribution in [3.8, 4) is 0 Å². The van der Waals surface area contributed by atoms with Gasteiger partial charge in [-0.1, -0.05) is 82.7 Å². The Labute approximate surface area is 211 Å². The minimum absolute atomic E-state index is 0.0674. The first kappa shape index (κ1) is 25.7. The van der Waals surface area contributed by atoms with Gasteiger partial charge in [-0.25, -0.2) is 0 Å². The molecule has 0 aromatic heterocycles. The quantitative estimate of drug-likeness (QED) is 0.404. The first-order valence-corrected chi connectivity index (χ1v) is 12.4. The van der Waals surface area contributed by atoms with Crippen LogP contribution in [0.5, 0.6) is 0 Å². The van der Waals surface area contributed by atoms with Crippen molar-refractivity contribution >= 4 is 27.7 Å². The van der Waals surface area contributed by atoms with Crippen LogP contribution in [0.4, 0.5) is 0 Å². The third-order valence-corrected chi connectivity index (χ3v) is 6.17. The molecule has 178 valence electrons. The molecule has 34 heavy (non-hydrogen) atoms. The molecule has 1 N–H and O–H groups in total. The molecule has 0 aliphatic rings. The van der Waals surface area contributed by atoms with Crippen LogP contribution in [0.2, 0.25) is 0 Å². The van der Waals surface area contributed by atoms with E-state index >= 15 is 0 Å². The van der Waals surface area contributed by atoms with E-state index in [0.29, 0.717) is 13.0 Å². The van der Waals surface area contributed by atoms with Crippen LogP contribution in [0.25, 0.3) is 0 Å². The summed E-state index contributed by atoms with van der Waals surface area (Å²) < 4.78 is 0.973. The highest BCUT2D eigenvalue weighted by Crippen LogP contribution is 2.20. The molecule has 0 fully saturated rings. The smallest absolute Gasteiger partial charge is 0.243 e. The van der Waals surface area contributed by atoms with Gasteiger partial charge in [0.25, 0.3) is 0 Å². The van der Waals surface area contributed by atoms with Gasteiger partial charge in [0.15, 0.2) is 0 Å². The zero-order valence-corrected chi connectivity index (χ0v) is 21.9. The molecule has 1 atom stereocenters. The number of halogens is 1. The monoisotopic (exact) mass is 520 g/mol. The summed E-state index contributed by atoms with van der Waals surface area (Å²) in [6.07, 6.45) is 0.691. The largest absolute Gasteiger partial charge is 0.350 e. The second kappa shape index (κ2) is 11.5. The number of hydrogen-bond acceptors (Lipinski definition) is 2. The molecule has 0 aliphatic heterocycles. The lowest BCUT2D eigenvalue weighted by Gasteiger charge is -2.34. The minimum atomic E-state index is -0.637. The minimum Gasteiger partial charge on any atom is -0.350 e. The maximum absolute atomic E-state index is 13.8. The fourth-order valence-electron chi connectivity index (χ4n) is 3.87. The summed E-state index contributed by atoms with van der Waals surface area (Å²) in [7, 11) is 0. The molecule has 1 unspecified atom stereocenters. The van der Waals surface area contributed by atoms with Crippen LogP contribution < -0.4 is 5.32 Å². The fraction of sp³-hybridized carbons (Fsp3) is 0.310. The Morgan fingerprint density at radius 1 is 0.882 bits per heavy atom. The summed E-state index contributed by atoms with van der Waals surface area (Å²) in [4.78, 5) is 29.1. The Balaban J connectivity index is 1.99. The number of amides is 2. The Morgan fingerprint density at radius 3 is 2.12 bits per heavy atom. The van der Waals surface area contributed by atoms with E-state index in [1.54, 1.807) is 4.90 Å². The zero-order chi connectivity index (χ0) is 24.7. The number of carbonyl (C=O) groups is 2. The lowest BCUT2D eigenvalue weighted by atomic mass is 9.99. The molecule has 0 saturated heterocycles. The first-order valence-electron chi connectivity index (χ1n) is 11.6. The number of aryl methyl sites for hydroxylation is 1. The van der Waals surface area contributed by atoms with E-state index in [9.17, 15) is 9.59 Å². The van der Waals surface area contributed by atoms with E-state index in [1.165, 1.54) is 0 Å². The molecule has 4 nitrogen and oxygen atoms in total. The highest BCUT2D eigenvalue weighted by Gasteiger charge is 2.32. The van der Waals surface area contributed by atoms with Crippen molar-refractivity contribution in [1.29, 1.82) is 0 Å². The van der Waals surface area contributed by atoms with Gasteiger partial charge in [0.2, 0.25) is 11.8 Å². The Bertz CT molecular complexity index is 1100. The number of nitrogens with one attached hydrogen (secondary N) is 1. The normalized spacial score (nSPS) is 12.1. The standard InChI is InChI=1S/C29H33BrN2O2/c1-21-10-8-9-13-24(21)19-27(33)32(20-23-14-16-25(30)17-15-23)26(28(34)31-29(2,3)4)18-22-11-6-5-7-12-22/h5-17,26H,18-20H2,1-4H3,(H,31,34). The van der Waals surface area contributed by atoms with E-state index in [2.05, 4.69) is 21.2 Å². The number of carbonyl (C=O) groups excluding carboxylic acids is 2. The molecule has 0 radical (unpaired) electrons. The van der Waals surface area contributed by atoms with Gasteiger partial charge in [-0.15, -0.1) is 0 Å². The van der Waals surface area contributed by atoms with E-state index in [-0.39, 0.29) is 18.2 Å². The van der Waals surface area contributed by atoms with E-state index in [1.807, 2.05) is 107 Å². The van der Waals surface area contributed by atoms with E-state index in [0.717, 1.165) is 26.7 Å². The van der Waals surface area contributed by atoms with Gasteiger partial charge >= 0.3 is 0 Å². The van der Waals surface area contributed by atoms with Crippen molar-refractivity contribution in [2.45, 2.75) is 58.7 Å². The van der Waals surface area contributed by atoms with Crippen LogP contribution in [0.1, 0.15) is 43.0 Å². The van der Waals surface area contributed by atoms with Crippen molar-refractivity contribution in [1.82, 2.24) is 10.2 Å². The highest BCUT2D eigenvalue weighted by molar-refractivity contribution is 9.10. The van der Waals surface area contributed by atoms with Gasteiger partial charge in [0.05, 0.1) is 6.42 Å². The fourth-order valence-corrected chi connectivity index (χ4v) is 4.13. The van der Waals surface area contributed by atoms with Crippen LogP contribution >= 0.6 is 15.9 Å². The van der Waals surface area contributed by atoms with E-state index < -0.39 is 11.6 Å². The van der Waals surface area contributed by atoms with Crippen LogP contribution in [-0.4, -0.2) is 28.3 Å². The second-order valence-electron chi connectivity index (χ2n) is 9.70. The third kappa shape index (κ3) is 7.56. The number of hydrogen-bond donors (Lipinski definition) is 1. The molecule has 0 saturated carbocycles. The lowest BCUT2D eigenvalue weighted by Crippen LogP contribution is -2.54. The predicted molar refractivity (Wildman–Crippen MR) is 141 cm³/mol. The molecule has 0 aliphatic carbocycles. The average Bonchev–Trinajstić information content (AvgIpc) is 2.78. The number of benzene rings is 3. The van der Waals surface area contributed by atoms with Crippen LogP contribution in [-0.2, 0) is 29.0 Å². The maximum atomic E-state index is 13.8. The first-order chi connectivity index (χ1) is 16.1. The topological polar surface area (TPSA) is 49.4 Å². The summed E-state index contributed by atoms with van der Waals surface area (Å²) in [6, 6.07) is 25.0. The second-order valence-corrected chi connectivity index (χ2v) is 10.6. The molecular weight excluding hydrogens is 488 g/mol. The summed E-state index contributed by atoms with van der Waals surface area (Å²) in [6.45, 7) is 8.23. The summed E-state index contributed by atoms with van der Waals surface area (Å²) in [5.74, 6) is -0.214. The van der Waals surface area contributed by atoms with Crippen molar-refractivity contribution in [2.75, 3.05) is 0 Å². The molecule has 3 rings (SSSR count). The lowest BCUT2D eigenvalue weighted by molar-refractivity contribution is -0.141. The number of nitrogens with zero attached hydrogens (tertiary/aromatic N) is 1. The average molecular weight is 521 g/mol. The summed E-state index contributed by atoms with van der Waals surface area (Å²) in [5.41, 5.74) is 3.62. The van der Waals surface area contributed by atoms with Gasteiger partial charge < -0.3 is 10.2 Å². The summed E-state index contributed by atoms with van der Waals surface area (Å²) >= 11 is 3.48. The van der Waals surface area contributed by atoms with E-state index in [4.69, 9.17) is 0 Å². The molecule has 3 aromatic rings. The molecule has 3 aromatic carbocycles. The number of rotatable bonds is 8. The maximum Gasteiger partial charge on any atom is 0.243 e. The van der Waals surface area contributed by atoms with Gasteiger partial charge in [-0.2, -0.15) is 0 Å². The van der Waals surface area contributed by atoms with Crippen LogP contribution in [0, 0.1) is 6.92 Å². The van der Waals surface area contributed by atoms with Gasteiger partial charge in [-0.3, -0.25) is 9.59 Å². The highest BCUT2D eigenvalue weighted by atomic mass is 79.9. The van der Waals surface area contributed by atoms with Crippen LogP contribution in [0.15, 0.2) is 83.3 Å². The predicted octanol–water partition coefficient (Wildman–Crippen LogP) is 5.85. The van der Waals surface area contributed by atoms with Gasteiger partial charge in [-0.05, 0) is 62.1 Å². The SMILES string of the molecule is Cc1ccccc1CC(=O)N(Cc1ccc(Br)cc1)C(Cc1ccccc1)C(=O)NC(C)(C)C. The summed E-state index contributed by atoms with van der Waals surface area (Å²) in [5, 5.41) is 3.10. The molecular formula is C29H33BrN2O2. The molecule has 0 spiro atoms. The zero-order valence-electron chi connectivity index (χ0n) is 20.3. The van der Waals surface area contributed by atoms with Crippen molar-refractivity contribution in [3.63, 3.8) is 0 Å². The van der Waals surface area contributed by atoms with Crippen molar-refractivity contribution in [2.24, 2.45) is 0 Å². The van der Waals surface area contributed by atoms with Gasteiger partial charge in [0, 0.05) is 23.0 Å². The van der Waals surface area contributed by atoms with Gasteiger partial charge in [0.1, 0.15) is 6.04 Å². The Morgan fingerprint density at radius 2 is 1.50 bits per heavy atom. The molecule has 5 heteroatoms. The molecule has 0 bridgehead atoms. The molecule has 2 amide bonds.